The van der Waals surface area contributed by atoms with Crippen molar-refractivity contribution in [3.8, 4) is 0 Å². The molecule has 0 N–H and O–H groups in total. The number of hydrogen-bond acceptors (Lipinski definition) is 5. The number of rotatable bonds is 3. The summed E-state index contributed by atoms with van der Waals surface area (Å²) in [4.78, 5) is 14.9. The van der Waals surface area contributed by atoms with Crippen molar-refractivity contribution in [1.29, 1.82) is 0 Å². The minimum atomic E-state index is 0.121. The van der Waals surface area contributed by atoms with Crippen LogP contribution in [0.2, 0.25) is 0 Å². The molecule has 1 fully saturated rings. The van der Waals surface area contributed by atoms with E-state index in [9.17, 15) is 0 Å². The van der Waals surface area contributed by atoms with Crippen molar-refractivity contribution in [3.63, 3.8) is 0 Å². The van der Waals surface area contributed by atoms with Crippen molar-refractivity contribution in [1.82, 2.24) is 9.88 Å². The van der Waals surface area contributed by atoms with Crippen molar-refractivity contribution in [3.05, 3.63) is 52.0 Å². The number of thiophene rings is 1. The van der Waals surface area contributed by atoms with E-state index in [-0.39, 0.29) is 6.04 Å². The van der Waals surface area contributed by atoms with Crippen LogP contribution in [0.5, 0.6) is 0 Å². The highest BCUT2D eigenvalue weighted by molar-refractivity contribution is 8.14. The maximum absolute atomic E-state index is 5.04. The van der Waals surface area contributed by atoms with Gasteiger partial charge in [0.25, 0.3) is 0 Å². The molecule has 0 radical (unpaired) electrons. The fourth-order valence-corrected chi connectivity index (χ4v) is 5.62. The first kappa shape index (κ1) is 14.3. The molecule has 1 saturated heterocycles. The third kappa shape index (κ3) is 2.27. The molecule has 0 bridgehead atoms. The van der Waals surface area contributed by atoms with Crippen LogP contribution in [0.4, 0.5) is 0 Å². The van der Waals surface area contributed by atoms with E-state index in [1.165, 1.54) is 21.3 Å². The van der Waals surface area contributed by atoms with Crippen molar-refractivity contribution < 1.29 is 0 Å². The molecule has 0 aliphatic carbocycles. The Kier molecular flexibility index (Phi) is 3.70. The fourth-order valence-electron chi connectivity index (χ4n) is 3.27. The van der Waals surface area contributed by atoms with Crippen LogP contribution >= 0.6 is 23.1 Å². The molecule has 4 rings (SSSR count). The van der Waals surface area contributed by atoms with Crippen LogP contribution in [0, 0.1) is 6.92 Å². The Morgan fingerprint density at radius 1 is 1.27 bits per heavy atom. The molecule has 0 aromatic carbocycles. The van der Waals surface area contributed by atoms with Crippen LogP contribution in [0.25, 0.3) is 0 Å². The predicted octanol–water partition coefficient (Wildman–Crippen LogP) is 4.43. The topological polar surface area (TPSA) is 28.5 Å². The van der Waals surface area contributed by atoms with Crippen LogP contribution in [-0.4, -0.2) is 26.8 Å². The summed E-state index contributed by atoms with van der Waals surface area (Å²) in [5.74, 6) is 1.16. The minimum absolute atomic E-state index is 0.121. The number of aromatic nitrogens is 1. The summed E-state index contributed by atoms with van der Waals surface area (Å²) < 4.78 is 0. The number of amidine groups is 1. The average Bonchev–Trinajstić information content (AvgIpc) is 3.22. The first-order chi connectivity index (χ1) is 10.8. The Bertz CT molecular complexity index is 695. The zero-order valence-corrected chi connectivity index (χ0v) is 14.4. The van der Waals surface area contributed by atoms with Gasteiger partial charge < -0.3 is 4.90 Å². The van der Waals surface area contributed by atoms with Gasteiger partial charge in [-0.3, -0.25) is 9.98 Å². The number of aliphatic imine (C=N–C) groups is 1. The second kappa shape index (κ2) is 5.70. The van der Waals surface area contributed by atoms with E-state index in [4.69, 9.17) is 4.99 Å². The second-order valence-corrected chi connectivity index (χ2v) is 8.09. The zero-order chi connectivity index (χ0) is 15.1. The molecule has 0 amide bonds. The van der Waals surface area contributed by atoms with E-state index in [1.54, 1.807) is 0 Å². The van der Waals surface area contributed by atoms with Crippen LogP contribution in [0.1, 0.15) is 40.9 Å². The molecule has 22 heavy (non-hydrogen) atoms. The standard InChI is InChI=1S/C17H19N3S2/c1-3-12-10-21-17-19-15(13-6-4-5-9-18-13)16(20(12)17)14-8-7-11(2)22-14/h4-9,12,15-16H,3,10H2,1-2H3. The fraction of sp³-hybridized carbons (Fsp3) is 0.412. The molecular formula is C17H19N3S2. The van der Waals surface area contributed by atoms with Gasteiger partial charge in [0.1, 0.15) is 6.04 Å². The lowest BCUT2D eigenvalue weighted by Gasteiger charge is -2.30. The maximum atomic E-state index is 5.04. The summed E-state index contributed by atoms with van der Waals surface area (Å²) in [6, 6.07) is 11.7. The molecule has 114 valence electrons. The van der Waals surface area contributed by atoms with Gasteiger partial charge in [-0.1, -0.05) is 24.8 Å². The number of nitrogens with zero attached hydrogens (tertiary/aromatic N) is 3. The predicted molar refractivity (Wildman–Crippen MR) is 94.6 cm³/mol. The van der Waals surface area contributed by atoms with E-state index in [0.717, 1.165) is 11.4 Å². The number of fused-ring (bicyclic) bond motifs is 1. The summed E-state index contributed by atoms with van der Waals surface area (Å²) in [6.45, 7) is 4.45. The van der Waals surface area contributed by atoms with Gasteiger partial charge in [0.2, 0.25) is 0 Å². The van der Waals surface area contributed by atoms with Crippen molar-refractivity contribution in [2.75, 3.05) is 5.75 Å². The van der Waals surface area contributed by atoms with Crippen molar-refractivity contribution in [2.45, 2.75) is 38.4 Å². The Hall–Kier alpha value is -1.33. The molecule has 2 aromatic heterocycles. The van der Waals surface area contributed by atoms with E-state index in [2.05, 4.69) is 48.0 Å². The zero-order valence-electron chi connectivity index (χ0n) is 12.8. The van der Waals surface area contributed by atoms with Gasteiger partial charge in [0.15, 0.2) is 5.17 Å². The van der Waals surface area contributed by atoms with Crippen LogP contribution < -0.4 is 0 Å². The lowest BCUT2D eigenvalue weighted by molar-refractivity contribution is 0.258. The molecule has 3 atom stereocenters. The molecule has 0 spiro atoms. The maximum Gasteiger partial charge on any atom is 0.160 e. The molecule has 3 nitrogen and oxygen atoms in total. The highest BCUT2D eigenvalue weighted by atomic mass is 32.2. The number of hydrogen-bond donors (Lipinski definition) is 0. The van der Waals surface area contributed by atoms with E-state index in [1.807, 2.05) is 35.4 Å². The summed E-state index contributed by atoms with van der Waals surface area (Å²) in [5.41, 5.74) is 1.08. The van der Waals surface area contributed by atoms with Gasteiger partial charge >= 0.3 is 0 Å². The lowest BCUT2D eigenvalue weighted by Crippen LogP contribution is -2.34. The number of thioether (sulfide) groups is 1. The Balaban J connectivity index is 1.78. The SMILES string of the molecule is CCC1CSC2=NC(c3ccccn3)C(c3ccc(C)s3)N21. The summed E-state index contributed by atoms with van der Waals surface area (Å²) in [6.07, 6.45) is 3.04. The molecule has 5 heteroatoms. The number of aryl methyl sites for hydroxylation is 1. The minimum Gasteiger partial charge on any atom is -0.337 e. The first-order valence-electron chi connectivity index (χ1n) is 7.74. The van der Waals surface area contributed by atoms with Crippen LogP contribution in [0.15, 0.2) is 41.5 Å². The Labute approximate surface area is 139 Å². The molecule has 2 aliphatic heterocycles. The van der Waals surface area contributed by atoms with Crippen molar-refractivity contribution in [2.24, 2.45) is 4.99 Å². The van der Waals surface area contributed by atoms with Gasteiger partial charge in [0, 0.05) is 27.7 Å². The van der Waals surface area contributed by atoms with Gasteiger partial charge in [-0.05, 0) is 37.6 Å². The molecule has 2 aromatic rings. The molecule has 3 unspecified atom stereocenters. The Morgan fingerprint density at radius 3 is 2.86 bits per heavy atom. The average molecular weight is 329 g/mol. The highest BCUT2D eigenvalue weighted by Crippen LogP contribution is 2.49. The normalized spacial score (nSPS) is 27.1. The monoisotopic (exact) mass is 329 g/mol. The third-order valence-electron chi connectivity index (χ3n) is 4.38. The first-order valence-corrected chi connectivity index (χ1v) is 9.54. The van der Waals surface area contributed by atoms with Gasteiger partial charge in [-0.15, -0.1) is 11.3 Å². The van der Waals surface area contributed by atoms with Crippen LogP contribution in [-0.2, 0) is 0 Å². The molecule has 0 saturated carbocycles. The molecule has 4 heterocycles. The van der Waals surface area contributed by atoms with Gasteiger partial charge in [-0.25, -0.2) is 0 Å². The van der Waals surface area contributed by atoms with Gasteiger partial charge in [-0.2, -0.15) is 0 Å². The van der Waals surface area contributed by atoms with Crippen LogP contribution in [0.3, 0.4) is 0 Å². The molecular weight excluding hydrogens is 310 g/mol. The molecule has 2 aliphatic rings. The van der Waals surface area contributed by atoms with E-state index in [0.29, 0.717) is 12.1 Å². The van der Waals surface area contributed by atoms with E-state index < -0.39 is 0 Å². The third-order valence-corrected chi connectivity index (χ3v) is 6.58. The highest BCUT2D eigenvalue weighted by Gasteiger charge is 2.45. The second-order valence-electron chi connectivity index (χ2n) is 5.78. The lowest BCUT2D eigenvalue weighted by atomic mass is 10.0. The summed E-state index contributed by atoms with van der Waals surface area (Å²) in [7, 11) is 0. The number of pyridine rings is 1. The summed E-state index contributed by atoms with van der Waals surface area (Å²) in [5, 5.41) is 1.21. The quantitative estimate of drug-likeness (QED) is 0.834. The summed E-state index contributed by atoms with van der Waals surface area (Å²) >= 11 is 3.79. The Morgan fingerprint density at radius 2 is 2.18 bits per heavy atom. The van der Waals surface area contributed by atoms with E-state index >= 15 is 0 Å². The largest absolute Gasteiger partial charge is 0.337 e. The smallest absolute Gasteiger partial charge is 0.160 e. The van der Waals surface area contributed by atoms with Gasteiger partial charge in [0.05, 0.1) is 11.7 Å². The van der Waals surface area contributed by atoms with Crippen molar-refractivity contribution >= 4 is 28.3 Å².